The van der Waals surface area contributed by atoms with Crippen molar-refractivity contribution in [2.45, 2.75) is 54.9 Å². The van der Waals surface area contributed by atoms with Gasteiger partial charge in [0.25, 0.3) is 0 Å². The molecular weight excluding hydrogens is 637 g/mol. The molecule has 0 aliphatic rings. The third-order valence-corrected chi connectivity index (χ3v) is 13.3. The van der Waals surface area contributed by atoms with Crippen LogP contribution in [0.5, 0.6) is 0 Å². The molecule has 0 radical (unpaired) electrons. The molecule has 0 aliphatic heterocycles. The zero-order valence-corrected chi connectivity index (χ0v) is 29.3. The zero-order valence-electron chi connectivity index (χ0n) is 26.2. The van der Waals surface area contributed by atoms with Crippen LogP contribution in [-0.2, 0) is 0 Å². The lowest BCUT2D eigenvalue weighted by atomic mass is 9.34. The summed E-state index contributed by atoms with van der Waals surface area (Å²) in [6, 6.07) is 41.7. The van der Waals surface area contributed by atoms with Crippen LogP contribution in [0.4, 0.5) is 0 Å². The highest BCUT2D eigenvalue weighted by molar-refractivity contribution is 7.95. The Morgan fingerprint density at radius 2 is 0.857 bits per heavy atom. The van der Waals surface area contributed by atoms with Crippen molar-refractivity contribution in [2.75, 3.05) is 6.16 Å². The highest BCUT2D eigenvalue weighted by Crippen LogP contribution is 2.55. The van der Waals surface area contributed by atoms with Gasteiger partial charge >= 0.3 is 0 Å². The molecular formula is C39H43BIP. The number of rotatable bonds is 8. The van der Waals surface area contributed by atoms with E-state index in [0.717, 1.165) is 12.6 Å². The summed E-state index contributed by atoms with van der Waals surface area (Å²) in [5, 5.41) is 4.40. The number of benzene rings is 5. The average molecular weight is 680 g/mol. The summed E-state index contributed by atoms with van der Waals surface area (Å²) in [5.41, 5.74) is 12.4. The van der Waals surface area contributed by atoms with Gasteiger partial charge < -0.3 is 24.0 Å². The van der Waals surface area contributed by atoms with Crippen molar-refractivity contribution < 1.29 is 24.0 Å². The standard InChI is InChI=1S/C39H43BP.HI/c1-8-23-41(35-15-11-9-12-16-35,36-17-13-10-14-18-36)37-21-19-34(20-22-37)40(38-30(4)24-28(2)25-31(38)5)39-32(6)26-29(3)27-33(39)7;/h9-22,24-27H,8,23H2,1-7H3;1H/q+1;/p-1. The van der Waals surface area contributed by atoms with Crippen molar-refractivity contribution in [3.63, 3.8) is 0 Å². The van der Waals surface area contributed by atoms with Crippen molar-refractivity contribution in [1.82, 2.24) is 0 Å². The number of hydrogen-bond acceptors (Lipinski definition) is 0. The molecule has 0 N–H and O–H groups in total. The lowest BCUT2D eigenvalue weighted by molar-refractivity contribution is -0.00000846. The second-order valence-corrected chi connectivity index (χ2v) is 15.5. The van der Waals surface area contributed by atoms with Gasteiger partial charge in [-0.25, -0.2) is 0 Å². The predicted octanol–water partition coefficient (Wildman–Crippen LogP) is 3.76. The molecule has 0 amide bonds. The Hall–Kier alpha value is -2.68. The van der Waals surface area contributed by atoms with Crippen molar-refractivity contribution >= 4 is 46.3 Å². The van der Waals surface area contributed by atoms with E-state index in [9.17, 15) is 0 Å². The normalized spacial score (nSPS) is 11.2. The molecule has 0 unspecified atom stereocenters. The van der Waals surface area contributed by atoms with Crippen molar-refractivity contribution in [3.8, 4) is 0 Å². The summed E-state index contributed by atoms with van der Waals surface area (Å²) in [6.45, 7) is 16.1. The Balaban J connectivity index is 0.00000405. The maximum atomic E-state index is 2.46. The molecule has 5 aromatic rings. The fourth-order valence-electron chi connectivity index (χ4n) is 7.23. The molecule has 0 saturated heterocycles. The van der Waals surface area contributed by atoms with Crippen LogP contribution in [0.15, 0.2) is 109 Å². The number of aryl methyl sites for hydroxylation is 6. The summed E-state index contributed by atoms with van der Waals surface area (Å²) in [7, 11) is -1.80. The van der Waals surface area contributed by atoms with Gasteiger partial charge in [-0.05, 0) is 84.4 Å². The molecule has 0 saturated carbocycles. The van der Waals surface area contributed by atoms with E-state index >= 15 is 0 Å². The first-order valence-corrected chi connectivity index (χ1v) is 17.0. The van der Waals surface area contributed by atoms with Gasteiger partial charge in [0.1, 0.15) is 23.2 Å². The fourth-order valence-corrected chi connectivity index (χ4v) is 11.6. The Kier molecular flexibility index (Phi) is 10.6. The topological polar surface area (TPSA) is 0 Å². The summed E-state index contributed by atoms with van der Waals surface area (Å²) >= 11 is 0. The largest absolute Gasteiger partial charge is 1.00 e. The number of halogens is 1. The quantitative estimate of drug-likeness (QED) is 0.133. The lowest BCUT2D eigenvalue weighted by Gasteiger charge is -2.28. The van der Waals surface area contributed by atoms with Gasteiger partial charge in [0.2, 0.25) is 6.71 Å². The summed E-state index contributed by atoms with van der Waals surface area (Å²) in [5.74, 6) is 0. The highest BCUT2D eigenvalue weighted by atomic mass is 127. The average Bonchev–Trinajstić information content (AvgIpc) is 2.95. The Morgan fingerprint density at radius 1 is 0.500 bits per heavy atom. The minimum absolute atomic E-state index is 0. The van der Waals surface area contributed by atoms with Gasteiger partial charge in [0.05, 0.1) is 6.16 Å². The molecule has 0 bridgehead atoms. The van der Waals surface area contributed by atoms with Crippen molar-refractivity contribution in [1.29, 1.82) is 0 Å². The molecule has 5 aromatic carbocycles. The maximum absolute atomic E-state index is 2.46. The predicted molar refractivity (Wildman–Crippen MR) is 186 cm³/mol. The van der Waals surface area contributed by atoms with Crippen LogP contribution in [-0.4, -0.2) is 12.9 Å². The molecule has 0 heterocycles. The monoisotopic (exact) mass is 680 g/mol. The van der Waals surface area contributed by atoms with E-state index in [1.54, 1.807) is 0 Å². The van der Waals surface area contributed by atoms with E-state index in [4.69, 9.17) is 0 Å². The fraction of sp³-hybridized carbons (Fsp3) is 0.231. The molecule has 0 aromatic heterocycles. The van der Waals surface area contributed by atoms with Gasteiger partial charge in [-0.2, -0.15) is 0 Å². The summed E-state index contributed by atoms with van der Waals surface area (Å²) in [4.78, 5) is 0. The maximum Gasteiger partial charge on any atom is 0.242 e. The Labute approximate surface area is 272 Å². The van der Waals surface area contributed by atoms with Gasteiger partial charge in [-0.1, -0.05) is 129 Å². The van der Waals surface area contributed by atoms with Gasteiger partial charge in [0, 0.05) is 0 Å². The first-order chi connectivity index (χ1) is 19.8. The smallest absolute Gasteiger partial charge is 0.242 e. The summed E-state index contributed by atoms with van der Waals surface area (Å²) < 4.78 is 0. The zero-order chi connectivity index (χ0) is 29.1. The van der Waals surface area contributed by atoms with Crippen LogP contribution in [0.25, 0.3) is 0 Å². The van der Waals surface area contributed by atoms with Crippen LogP contribution in [0, 0.1) is 41.5 Å². The van der Waals surface area contributed by atoms with E-state index in [1.807, 2.05) is 0 Å². The minimum Gasteiger partial charge on any atom is -1.00 e. The van der Waals surface area contributed by atoms with Crippen LogP contribution in [0.3, 0.4) is 0 Å². The van der Waals surface area contributed by atoms with E-state index in [1.165, 1.54) is 65.7 Å². The third-order valence-electron chi connectivity index (χ3n) is 8.67. The second-order valence-electron chi connectivity index (χ2n) is 11.9. The molecule has 42 heavy (non-hydrogen) atoms. The SMILES string of the molecule is CCC[P+](c1ccccc1)(c1ccccc1)c1ccc(B(c2c(C)cc(C)cc2C)c2c(C)cc(C)cc2C)cc1.[I-]. The van der Waals surface area contributed by atoms with Crippen LogP contribution in [0.1, 0.15) is 46.7 Å². The molecule has 5 rings (SSSR count). The summed E-state index contributed by atoms with van der Waals surface area (Å²) in [6.07, 6.45) is 2.31. The minimum atomic E-state index is -1.80. The van der Waals surface area contributed by atoms with E-state index in [0.29, 0.717) is 0 Å². The van der Waals surface area contributed by atoms with E-state index in [2.05, 4.69) is 158 Å². The van der Waals surface area contributed by atoms with E-state index < -0.39 is 7.26 Å². The number of hydrogen-bond donors (Lipinski definition) is 0. The van der Waals surface area contributed by atoms with Gasteiger partial charge in [-0.3, -0.25) is 0 Å². The molecule has 0 nitrogen and oxygen atoms in total. The molecule has 214 valence electrons. The van der Waals surface area contributed by atoms with Crippen molar-refractivity contribution in [3.05, 3.63) is 143 Å². The van der Waals surface area contributed by atoms with E-state index in [-0.39, 0.29) is 30.7 Å². The molecule has 0 aliphatic carbocycles. The third kappa shape index (κ3) is 6.17. The van der Waals surface area contributed by atoms with Crippen LogP contribution >= 0.6 is 7.26 Å². The first kappa shape index (κ1) is 32.2. The molecule has 0 spiro atoms. The molecule has 0 atom stereocenters. The van der Waals surface area contributed by atoms with Gasteiger partial charge in [0.15, 0.2) is 0 Å². The second kappa shape index (κ2) is 13.7. The lowest BCUT2D eigenvalue weighted by Crippen LogP contribution is -3.00. The molecule has 3 heteroatoms. The highest BCUT2D eigenvalue weighted by Gasteiger charge is 2.44. The molecule has 0 fully saturated rings. The van der Waals surface area contributed by atoms with Crippen molar-refractivity contribution in [2.24, 2.45) is 0 Å². The Bertz CT molecular complexity index is 1500. The first-order valence-electron chi connectivity index (χ1n) is 15.0. The van der Waals surface area contributed by atoms with Crippen LogP contribution < -0.4 is 56.3 Å². The van der Waals surface area contributed by atoms with Crippen LogP contribution in [0.2, 0.25) is 0 Å². The Morgan fingerprint density at radius 3 is 1.21 bits per heavy atom. The van der Waals surface area contributed by atoms with Gasteiger partial charge in [-0.15, -0.1) is 0 Å².